The number of halogens is 5. The van der Waals surface area contributed by atoms with E-state index in [-0.39, 0.29) is 52.9 Å². The molecule has 1 N–H and O–H groups in total. The number of methoxy groups -OCH3 is 1. The van der Waals surface area contributed by atoms with E-state index in [0.29, 0.717) is 6.42 Å². The van der Waals surface area contributed by atoms with Crippen LogP contribution in [0.15, 0.2) is 59.5 Å². The Labute approximate surface area is 234 Å². The molecule has 4 rings (SSSR count). The summed E-state index contributed by atoms with van der Waals surface area (Å²) in [4.78, 5) is 16.6. The van der Waals surface area contributed by atoms with E-state index in [0.717, 1.165) is 66.4 Å². The second-order valence-corrected chi connectivity index (χ2v) is 11.6. The molecule has 0 spiro atoms. The van der Waals surface area contributed by atoms with Crippen LogP contribution in [-0.2, 0) is 27.5 Å². The number of pyridine rings is 1. The van der Waals surface area contributed by atoms with E-state index < -0.39 is 45.5 Å². The third-order valence-electron chi connectivity index (χ3n) is 6.84. The third kappa shape index (κ3) is 6.84. The molecule has 41 heavy (non-hydrogen) atoms. The van der Waals surface area contributed by atoms with Gasteiger partial charge in [-0.15, -0.1) is 0 Å². The number of carbonyl (C=O) groups excluding carboxylic acids is 1. The highest BCUT2D eigenvalue weighted by molar-refractivity contribution is 7.89. The monoisotopic (exact) mass is 597 g/mol. The predicted molar refractivity (Wildman–Crippen MR) is 140 cm³/mol. The number of carbonyl (C=O) groups is 1. The molecule has 0 bridgehead atoms. The van der Waals surface area contributed by atoms with Crippen LogP contribution >= 0.6 is 0 Å². The fraction of sp³-hybridized carbons (Fsp3) is 0.357. The molecule has 0 saturated carbocycles. The number of amides is 1. The van der Waals surface area contributed by atoms with E-state index >= 15 is 0 Å². The van der Waals surface area contributed by atoms with Crippen molar-refractivity contribution in [3.63, 3.8) is 0 Å². The molecule has 3 aromatic rings. The van der Waals surface area contributed by atoms with Gasteiger partial charge in [-0.1, -0.05) is 13.3 Å². The predicted octanol–water partition coefficient (Wildman–Crippen LogP) is 5.55. The quantitative estimate of drug-likeness (QED) is 0.327. The molecule has 1 amide bonds. The van der Waals surface area contributed by atoms with Crippen molar-refractivity contribution in [2.45, 2.75) is 49.8 Å². The van der Waals surface area contributed by atoms with E-state index in [1.807, 2.05) is 6.92 Å². The lowest BCUT2D eigenvalue weighted by molar-refractivity contribution is -0.141. The zero-order chi connectivity index (χ0) is 29.9. The molecule has 0 radical (unpaired) electrons. The van der Waals surface area contributed by atoms with Crippen LogP contribution in [0.1, 0.15) is 37.4 Å². The Morgan fingerprint density at radius 1 is 1.07 bits per heavy atom. The lowest BCUT2D eigenvalue weighted by Crippen LogP contribution is -2.45. The Bertz CT molecular complexity index is 1510. The number of ether oxygens (including phenoxy) is 1. The number of sulfonamides is 1. The van der Waals surface area contributed by atoms with E-state index in [9.17, 15) is 35.2 Å². The Morgan fingerprint density at radius 3 is 2.41 bits per heavy atom. The van der Waals surface area contributed by atoms with Gasteiger partial charge < -0.3 is 10.1 Å². The second kappa shape index (κ2) is 12.1. The second-order valence-electron chi connectivity index (χ2n) is 9.75. The number of alkyl halides is 3. The molecule has 220 valence electrons. The lowest BCUT2D eigenvalue weighted by atomic mass is 10.00. The highest BCUT2D eigenvalue weighted by Gasteiger charge is 2.43. The maximum atomic E-state index is 14.5. The van der Waals surface area contributed by atoms with Crippen molar-refractivity contribution in [3.05, 3.63) is 77.5 Å². The zero-order valence-corrected chi connectivity index (χ0v) is 23.0. The van der Waals surface area contributed by atoms with Crippen molar-refractivity contribution >= 4 is 15.9 Å². The molecule has 1 aliphatic heterocycles. The fourth-order valence-electron chi connectivity index (χ4n) is 4.94. The Kier molecular flexibility index (Phi) is 8.97. The van der Waals surface area contributed by atoms with Crippen LogP contribution in [0, 0.1) is 17.6 Å². The van der Waals surface area contributed by atoms with Crippen LogP contribution in [0.3, 0.4) is 0 Å². The number of nitrogens with zero attached hydrogens (tertiary/aromatic N) is 2. The van der Waals surface area contributed by atoms with Crippen molar-refractivity contribution in [2.24, 2.45) is 5.92 Å². The summed E-state index contributed by atoms with van der Waals surface area (Å²) in [5.74, 6) is -2.31. The van der Waals surface area contributed by atoms with Gasteiger partial charge in [-0.2, -0.15) is 17.5 Å². The summed E-state index contributed by atoms with van der Waals surface area (Å²) in [6.07, 6.45) is -2.92. The first-order valence-corrected chi connectivity index (χ1v) is 14.2. The van der Waals surface area contributed by atoms with E-state index in [1.54, 1.807) is 0 Å². The van der Waals surface area contributed by atoms with Crippen LogP contribution in [0.4, 0.5) is 22.0 Å². The Balaban J connectivity index is 1.56. The Hall–Kier alpha value is -3.58. The first-order chi connectivity index (χ1) is 19.3. The van der Waals surface area contributed by atoms with E-state index in [4.69, 9.17) is 4.74 Å². The normalized spacial score (nSPS) is 17.9. The third-order valence-corrected chi connectivity index (χ3v) is 8.73. The molecular weight excluding hydrogens is 569 g/mol. The average Bonchev–Trinajstić information content (AvgIpc) is 3.36. The molecule has 2 aromatic carbocycles. The number of hydrogen-bond acceptors (Lipinski definition) is 5. The minimum absolute atomic E-state index is 0.0635. The molecule has 1 aliphatic rings. The standard InChI is InChI=1S/C28H28F5N3O4S/c1-3-4-17-13-24(36(16-17)41(38,39)22-7-5-20(29)6-8-22)26(37)34-15-18-11-19(14-21(30)12-18)23-9-10-25(28(31,32)33)35-27(23)40-2/h5-12,14,17,24H,3-4,13,15-16H2,1-2H3,(H,34,37). The van der Waals surface area contributed by atoms with Crippen molar-refractivity contribution < 1.29 is 39.9 Å². The van der Waals surface area contributed by atoms with Gasteiger partial charge in [-0.3, -0.25) is 4.79 Å². The minimum Gasteiger partial charge on any atom is -0.481 e. The molecule has 2 heterocycles. The summed E-state index contributed by atoms with van der Waals surface area (Å²) in [6, 6.07) is 8.91. The highest BCUT2D eigenvalue weighted by Crippen LogP contribution is 2.35. The number of hydrogen-bond donors (Lipinski definition) is 1. The molecule has 1 aromatic heterocycles. The number of rotatable bonds is 9. The number of aromatic nitrogens is 1. The molecule has 2 unspecified atom stereocenters. The molecule has 1 fully saturated rings. The summed E-state index contributed by atoms with van der Waals surface area (Å²) in [5.41, 5.74) is -0.592. The molecule has 0 aliphatic carbocycles. The topological polar surface area (TPSA) is 88.6 Å². The first kappa shape index (κ1) is 30.4. The smallest absolute Gasteiger partial charge is 0.433 e. The minimum atomic E-state index is -4.70. The number of benzene rings is 2. The van der Waals surface area contributed by atoms with Gasteiger partial charge in [0.05, 0.1) is 12.0 Å². The molecule has 13 heteroatoms. The van der Waals surface area contributed by atoms with Crippen LogP contribution in [0.5, 0.6) is 5.88 Å². The van der Waals surface area contributed by atoms with Crippen molar-refractivity contribution in [1.82, 2.24) is 14.6 Å². The summed E-state index contributed by atoms with van der Waals surface area (Å²) in [5, 5.41) is 2.66. The van der Waals surface area contributed by atoms with Crippen LogP contribution in [-0.4, -0.2) is 43.3 Å². The lowest BCUT2D eigenvalue weighted by Gasteiger charge is -2.23. The summed E-state index contributed by atoms with van der Waals surface area (Å²) in [7, 11) is -2.97. The van der Waals surface area contributed by atoms with Gasteiger partial charge in [0.25, 0.3) is 0 Å². The van der Waals surface area contributed by atoms with Crippen molar-refractivity contribution in [3.8, 4) is 17.0 Å². The van der Waals surface area contributed by atoms with E-state index in [1.165, 1.54) is 6.07 Å². The average molecular weight is 598 g/mol. The molecule has 1 saturated heterocycles. The van der Waals surface area contributed by atoms with Gasteiger partial charge in [-0.05, 0) is 84.5 Å². The van der Waals surface area contributed by atoms with Crippen molar-refractivity contribution in [1.29, 1.82) is 0 Å². The molecule has 2 atom stereocenters. The van der Waals surface area contributed by atoms with Gasteiger partial charge in [0.15, 0.2) is 0 Å². The van der Waals surface area contributed by atoms with Gasteiger partial charge in [0, 0.05) is 18.7 Å². The summed E-state index contributed by atoms with van der Waals surface area (Å²) < 4.78 is 100. The first-order valence-electron chi connectivity index (χ1n) is 12.8. The van der Waals surface area contributed by atoms with Gasteiger partial charge in [-0.25, -0.2) is 22.2 Å². The fourth-order valence-corrected chi connectivity index (χ4v) is 6.62. The summed E-state index contributed by atoms with van der Waals surface area (Å²) >= 11 is 0. The van der Waals surface area contributed by atoms with Crippen LogP contribution in [0.25, 0.3) is 11.1 Å². The maximum absolute atomic E-state index is 14.5. The molecular formula is C28H28F5N3O4S. The zero-order valence-electron chi connectivity index (χ0n) is 22.2. The van der Waals surface area contributed by atoms with Gasteiger partial charge in [0.2, 0.25) is 21.8 Å². The van der Waals surface area contributed by atoms with Gasteiger partial charge >= 0.3 is 6.18 Å². The van der Waals surface area contributed by atoms with E-state index in [2.05, 4.69) is 10.3 Å². The summed E-state index contributed by atoms with van der Waals surface area (Å²) in [6.45, 7) is 1.89. The van der Waals surface area contributed by atoms with Crippen molar-refractivity contribution in [2.75, 3.05) is 13.7 Å². The largest absolute Gasteiger partial charge is 0.481 e. The van der Waals surface area contributed by atoms with Crippen LogP contribution < -0.4 is 10.1 Å². The maximum Gasteiger partial charge on any atom is 0.433 e. The Morgan fingerprint density at radius 2 is 1.78 bits per heavy atom. The number of nitrogens with one attached hydrogen (secondary N) is 1. The molecule has 7 nitrogen and oxygen atoms in total. The highest BCUT2D eigenvalue weighted by atomic mass is 32.2. The van der Waals surface area contributed by atoms with Gasteiger partial charge in [0.1, 0.15) is 23.4 Å². The van der Waals surface area contributed by atoms with Crippen LogP contribution in [0.2, 0.25) is 0 Å². The SMILES string of the molecule is CCCC1CC(C(=O)NCc2cc(F)cc(-c3ccc(C(F)(F)F)nc3OC)c2)N(S(=O)(=O)c2ccc(F)cc2)C1.